The van der Waals surface area contributed by atoms with Gasteiger partial charge in [-0.1, -0.05) is 38.5 Å². The molecule has 1 saturated heterocycles. The van der Waals surface area contributed by atoms with Gasteiger partial charge < -0.3 is 10.1 Å². The molecule has 190 valence electrons. The van der Waals surface area contributed by atoms with Gasteiger partial charge in [0.05, 0.1) is 11.5 Å². The van der Waals surface area contributed by atoms with Gasteiger partial charge in [-0.05, 0) is 86.9 Å². The van der Waals surface area contributed by atoms with Crippen LogP contribution in [0.15, 0.2) is 42.5 Å². The largest absolute Gasteiger partial charge is 0.491 e. The smallest absolute Gasteiger partial charge is 0.226 e. The van der Waals surface area contributed by atoms with Gasteiger partial charge in [0.25, 0.3) is 0 Å². The zero-order valence-electron chi connectivity index (χ0n) is 21.0. The quantitative estimate of drug-likeness (QED) is 0.589. The van der Waals surface area contributed by atoms with Crippen LogP contribution in [0, 0.1) is 23.0 Å². The lowest BCUT2D eigenvalue weighted by Crippen LogP contribution is -2.52. The number of rotatable bonds is 4. The summed E-state index contributed by atoms with van der Waals surface area (Å²) in [7, 11) is 0. The van der Waals surface area contributed by atoms with E-state index in [-0.39, 0.29) is 11.9 Å². The number of hydrogen-bond acceptors (Lipinski definition) is 3. The van der Waals surface area contributed by atoms with Gasteiger partial charge in [-0.3, -0.25) is 9.69 Å². The van der Waals surface area contributed by atoms with Gasteiger partial charge >= 0.3 is 0 Å². The van der Waals surface area contributed by atoms with Crippen LogP contribution in [-0.2, 0) is 17.8 Å². The average Bonchev–Trinajstić information content (AvgIpc) is 2.80. The van der Waals surface area contributed by atoms with E-state index >= 15 is 0 Å². The number of nitrogens with one attached hydrogen (secondary N) is 1. The maximum Gasteiger partial charge on any atom is 0.226 e. The summed E-state index contributed by atoms with van der Waals surface area (Å²) in [5, 5.41) is 3.36. The molecule has 35 heavy (non-hydrogen) atoms. The SMILES string of the molecule is CC(C)C[C@H]1COc2ccccc2CCCCC2(CCN(Cc3cc(F)cc(F)c3)CC2)C(=O)N1. The Kier molecular flexibility index (Phi) is 8.42. The minimum absolute atomic E-state index is 0.0415. The molecule has 0 aromatic heterocycles. The van der Waals surface area contributed by atoms with Gasteiger partial charge in [0, 0.05) is 12.6 Å². The minimum atomic E-state index is -0.549. The second-order valence-electron chi connectivity index (χ2n) is 10.8. The summed E-state index contributed by atoms with van der Waals surface area (Å²) in [5.41, 5.74) is 1.46. The third kappa shape index (κ3) is 6.81. The predicted molar refractivity (Wildman–Crippen MR) is 134 cm³/mol. The van der Waals surface area contributed by atoms with Crippen molar-refractivity contribution in [1.29, 1.82) is 0 Å². The van der Waals surface area contributed by atoms with Crippen molar-refractivity contribution in [3.05, 3.63) is 65.2 Å². The van der Waals surface area contributed by atoms with Crippen molar-refractivity contribution >= 4 is 5.91 Å². The van der Waals surface area contributed by atoms with Gasteiger partial charge in [-0.2, -0.15) is 0 Å². The molecule has 2 heterocycles. The van der Waals surface area contributed by atoms with Crippen LogP contribution in [0.5, 0.6) is 5.75 Å². The summed E-state index contributed by atoms with van der Waals surface area (Å²) < 4.78 is 33.5. The Balaban J connectivity index is 1.47. The zero-order chi connectivity index (χ0) is 24.8. The van der Waals surface area contributed by atoms with E-state index in [9.17, 15) is 13.6 Å². The standard InChI is InChI=1S/C29H38F2N2O2/c1-21(2)15-26-20-35-27-9-4-3-7-23(27)8-5-6-10-29(28(34)32-26)11-13-33(14-12-29)19-22-16-24(30)18-25(31)17-22/h3-4,7,9,16-18,21,26H,5-6,8,10-15,19-20H2,1-2H3,(H,32,34)/t26-/m0/s1. The van der Waals surface area contributed by atoms with E-state index < -0.39 is 17.0 Å². The number of para-hydroxylation sites is 1. The maximum atomic E-state index is 13.7. The molecule has 2 aliphatic heterocycles. The Morgan fingerprint density at radius 2 is 1.77 bits per heavy atom. The van der Waals surface area contributed by atoms with Crippen molar-refractivity contribution < 1.29 is 18.3 Å². The average molecular weight is 485 g/mol. The highest BCUT2D eigenvalue weighted by Crippen LogP contribution is 2.38. The summed E-state index contributed by atoms with van der Waals surface area (Å²) in [6.07, 6.45) is 6.16. The molecular formula is C29H38F2N2O2. The highest BCUT2D eigenvalue weighted by Gasteiger charge is 2.41. The fourth-order valence-corrected chi connectivity index (χ4v) is 5.59. The summed E-state index contributed by atoms with van der Waals surface area (Å²) >= 11 is 0. The molecular weight excluding hydrogens is 446 g/mol. The second kappa shape index (κ2) is 11.5. The number of ether oxygens (including phenoxy) is 1. The number of benzene rings is 2. The molecule has 0 saturated carbocycles. The van der Waals surface area contributed by atoms with E-state index in [0.717, 1.165) is 69.9 Å². The van der Waals surface area contributed by atoms with E-state index in [1.807, 2.05) is 12.1 Å². The van der Waals surface area contributed by atoms with Crippen LogP contribution in [0.2, 0.25) is 0 Å². The van der Waals surface area contributed by atoms with Crippen LogP contribution < -0.4 is 10.1 Å². The van der Waals surface area contributed by atoms with Gasteiger partial charge in [0.1, 0.15) is 24.0 Å². The Morgan fingerprint density at radius 1 is 1.06 bits per heavy atom. The number of nitrogens with zero attached hydrogens (tertiary/aromatic N) is 1. The molecule has 0 aliphatic carbocycles. The molecule has 4 nitrogen and oxygen atoms in total. The van der Waals surface area contributed by atoms with Gasteiger partial charge in [0.2, 0.25) is 5.91 Å². The van der Waals surface area contributed by atoms with Crippen LogP contribution in [0.3, 0.4) is 0 Å². The number of carbonyl (C=O) groups excluding carboxylic acids is 1. The normalized spacial score (nSPS) is 21.5. The first-order chi connectivity index (χ1) is 16.8. The fraction of sp³-hybridized carbons (Fsp3) is 0.552. The third-order valence-electron chi connectivity index (χ3n) is 7.48. The first kappa shape index (κ1) is 25.6. The molecule has 0 radical (unpaired) electrons. The van der Waals surface area contributed by atoms with Gasteiger partial charge in [-0.15, -0.1) is 0 Å². The number of amides is 1. The van der Waals surface area contributed by atoms with Crippen LogP contribution in [0.4, 0.5) is 8.78 Å². The predicted octanol–water partition coefficient (Wildman–Crippen LogP) is 5.88. The number of fused-ring (bicyclic) bond motifs is 1. The lowest BCUT2D eigenvalue weighted by molar-refractivity contribution is -0.136. The van der Waals surface area contributed by atoms with Crippen molar-refractivity contribution in [2.45, 2.75) is 71.4 Å². The number of halogens is 2. The van der Waals surface area contributed by atoms with Crippen LogP contribution in [-0.4, -0.2) is 36.5 Å². The molecule has 1 spiro atoms. The Labute approximate surface area is 208 Å². The van der Waals surface area contributed by atoms with E-state index in [0.29, 0.717) is 24.6 Å². The van der Waals surface area contributed by atoms with E-state index in [1.54, 1.807) is 0 Å². The maximum absolute atomic E-state index is 13.7. The van der Waals surface area contributed by atoms with Crippen molar-refractivity contribution in [3.63, 3.8) is 0 Å². The fourth-order valence-electron chi connectivity index (χ4n) is 5.59. The minimum Gasteiger partial charge on any atom is -0.491 e. The molecule has 6 heteroatoms. The highest BCUT2D eigenvalue weighted by molar-refractivity contribution is 5.83. The van der Waals surface area contributed by atoms with Crippen molar-refractivity contribution in [2.24, 2.45) is 11.3 Å². The zero-order valence-corrected chi connectivity index (χ0v) is 21.0. The molecule has 2 aromatic carbocycles. The van der Waals surface area contributed by atoms with Crippen molar-refractivity contribution in [1.82, 2.24) is 10.2 Å². The van der Waals surface area contributed by atoms with Crippen LogP contribution in [0.25, 0.3) is 0 Å². The number of piperidine rings is 1. The molecule has 1 amide bonds. The monoisotopic (exact) mass is 484 g/mol. The van der Waals surface area contributed by atoms with E-state index in [4.69, 9.17) is 4.74 Å². The first-order valence-corrected chi connectivity index (χ1v) is 13.0. The number of carbonyl (C=O) groups is 1. The second-order valence-corrected chi connectivity index (χ2v) is 10.8. The van der Waals surface area contributed by atoms with Crippen molar-refractivity contribution in [3.8, 4) is 5.75 Å². The van der Waals surface area contributed by atoms with Crippen LogP contribution in [0.1, 0.15) is 63.5 Å². The molecule has 1 fully saturated rings. The molecule has 2 aliphatic rings. The third-order valence-corrected chi connectivity index (χ3v) is 7.48. The van der Waals surface area contributed by atoms with Crippen LogP contribution >= 0.6 is 0 Å². The van der Waals surface area contributed by atoms with Crippen molar-refractivity contribution in [2.75, 3.05) is 19.7 Å². The molecule has 1 atom stereocenters. The van der Waals surface area contributed by atoms with E-state index in [2.05, 4.69) is 36.2 Å². The number of aryl methyl sites for hydroxylation is 1. The van der Waals surface area contributed by atoms with E-state index in [1.165, 1.54) is 17.7 Å². The Bertz CT molecular complexity index is 982. The molecule has 1 N–H and O–H groups in total. The molecule has 0 bridgehead atoms. The van der Waals surface area contributed by atoms with Gasteiger partial charge in [0.15, 0.2) is 0 Å². The first-order valence-electron chi connectivity index (χ1n) is 13.0. The summed E-state index contributed by atoms with van der Waals surface area (Å²) in [6, 6.07) is 11.9. The number of hydrogen-bond donors (Lipinski definition) is 1. The molecule has 0 unspecified atom stereocenters. The summed E-state index contributed by atoms with van der Waals surface area (Å²) in [4.78, 5) is 15.9. The topological polar surface area (TPSA) is 41.6 Å². The summed E-state index contributed by atoms with van der Waals surface area (Å²) in [6.45, 7) is 6.76. The lowest BCUT2D eigenvalue weighted by Gasteiger charge is -2.42. The Morgan fingerprint density at radius 3 is 2.49 bits per heavy atom. The Hall–Kier alpha value is -2.47. The van der Waals surface area contributed by atoms with Gasteiger partial charge in [-0.25, -0.2) is 8.78 Å². The number of likely N-dealkylation sites (tertiary alicyclic amines) is 1. The highest BCUT2D eigenvalue weighted by atomic mass is 19.1. The summed E-state index contributed by atoms with van der Waals surface area (Å²) in [5.74, 6) is 0.403. The molecule has 4 rings (SSSR count). The lowest BCUT2D eigenvalue weighted by atomic mass is 9.73. The molecule has 2 aromatic rings.